The molecule has 0 bridgehead atoms. The van der Waals surface area contributed by atoms with Crippen LogP contribution >= 0.6 is 0 Å². The molecule has 1 aromatic carbocycles. The molecule has 1 amide bonds. The molecule has 3 aliphatic rings. The molecule has 0 radical (unpaired) electrons. The maximum atomic E-state index is 15.1. The van der Waals surface area contributed by atoms with E-state index in [2.05, 4.69) is 33.0 Å². The third-order valence-corrected chi connectivity index (χ3v) is 10.1. The third-order valence-electron chi connectivity index (χ3n) is 10.1. The van der Waals surface area contributed by atoms with E-state index >= 15 is 4.39 Å². The van der Waals surface area contributed by atoms with Gasteiger partial charge in [-0.05, 0) is 66.7 Å². The zero-order valence-electron chi connectivity index (χ0n) is 24.7. The van der Waals surface area contributed by atoms with Crippen LogP contribution in [0.3, 0.4) is 0 Å². The van der Waals surface area contributed by atoms with Crippen LogP contribution in [-0.4, -0.2) is 26.3 Å². The second kappa shape index (κ2) is 9.31. The second-order valence-corrected chi connectivity index (χ2v) is 13.3. The number of ketones is 1. The van der Waals surface area contributed by atoms with Crippen LogP contribution in [0.5, 0.6) is 0 Å². The van der Waals surface area contributed by atoms with Gasteiger partial charge in [-0.1, -0.05) is 34.6 Å². The van der Waals surface area contributed by atoms with Crippen LogP contribution in [0.25, 0.3) is 22.3 Å². The molecule has 3 heterocycles. The lowest BCUT2D eigenvalue weighted by Crippen LogP contribution is -2.43. The number of fused-ring (bicyclic) bond motifs is 5. The molecule has 3 aromatic rings. The van der Waals surface area contributed by atoms with E-state index in [1.165, 1.54) is 6.07 Å². The highest BCUT2D eigenvalue weighted by molar-refractivity contribution is 5.94. The van der Waals surface area contributed by atoms with Gasteiger partial charge in [0.1, 0.15) is 11.4 Å². The highest BCUT2D eigenvalue weighted by Gasteiger charge is 2.44. The summed E-state index contributed by atoms with van der Waals surface area (Å²) in [5.41, 5.74) is 3.62. The fourth-order valence-electron chi connectivity index (χ4n) is 6.92. The Hall–Kier alpha value is -3.39. The molecule has 0 spiro atoms. The van der Waals surface area contributed by atoms with Crippen LogP contribution in [0.15, 0.2) is 16.9 Å². The molecule has 41 heavy (non-hydrogen) atoms. The number of carbonyl (C=O) groups is 2. The van der Waals surface area contributed by atoms with Crippen molar-refractivity contribution in [3.8, 4) is 11.4 Å². The average Bonchev–Trinajstić information content (AvgIpc) is 3.28. The molecule has 0 saturated carbocycles. The Labute approximate surface area is 239 Å². The molecule has 0 fully saturated rings. The van der Waals surface area contributed by atoms with E-state index in [0.29, 0.717) is 52.9 Å². The maximum Gasteiger partial charge on any atom is 0.254 e. The van der Waals surface area contributed by atoms with Crippen molar-refractivity contribution in [3.63, 3.8) is 0 Å². The maximum absolute atomic E-state index is 15.1. The quantitative estimate of drug-likeness (QED) is 0.360. The van der Waals surface area contributed by atoms with Gasteiger partial charge in [-0.25, -0.2) is 9.37 Å². The lowest BCUT2D eigenvalue weighted by atomic mass is 9.77. The van der Waals surface area contributed by atoms with E-state index in [-0.39, 0.29) is 66.2 Å². The van der Waals surface area contributed by atoms with Crippen molar-refractivity contribution in [2.75, 3.05) is 0 Å². The Morgan fingerprint density at radius 3 is 2.61 bits per heavy atom. The van der Waals surface area contributed by atoms with Gasteiger partial charge in [-0.15, -0.1) is 0 Å². The molecule has 3 atom stereocenters. The summed E-state index contributed by atoms with van der Waals surface area (Å²) in [6.45, 7) is 12.2. The summed E-state index contributed by atoms with van der Waals surface area (Å²) in [5, 5.41) is 15.5. The molecule has 8 heteroatoms. The number of carbonyl (C=O) groups excluding carboxylic acids is 2. The van der Waals surface area contributed by atoms with Crippen molar-refractivity contribution in [2.45, 2.75) is 98.3 Å². The van der Waals surface area contributed by atoms with Crippen molar-refractivity contribution in [3.05, 3.63) is 61.7 Å². The molecular weight excluding hydrogens is 521 g/mol. The molecule has 2 aliphatic carbocycles. The lowest BCUT2D eigenvalue weighted by molar-refractivity contribution is -0.140. The van der Waals surface area contributed by atoms with Crippen molar-refractivity contribution in [1.29, 1.82) is 0 Å². The summed E-state index contributed by atoms with van der Waals surface area (Å²) in [6, 6.07) is 2.87. The van der Waals surface area contributed by atoms with E-state index in [1.54, 1.807) is 24.5 Å². The minimum absolute atomic E-state index is 0.0138. The number of pyridine rings is 2. The zero-order chi connectivity index (χ0) is 29.6. The standard InChI is InChI=1S/C33H38FN3O4/c1-7-33(41)21-13-25-30-20(15-37(25)31(40)19(21)9-11-26(33)38)29-23(35-27(39)12-16(2)32(4,5)6)10-8-18-17(3)22(34)14-24(36-30)28(18)29/h13-14,16,23,41H,7-12,15H2,1-6H3,(H,35,39)/t16-,23-,33-/m0/s1. The van der Waals surface area contributed by atoms with Gasteiger partial charge in [-0.3, -0.25) is 14.4 Å². The van der Waals surface area contributed by atoms with Crippen molar-refractivity contribution < 1.29 is 19.1 Å². The van der Waals surface area contributed by atoms with Crippen LogP contribution in [0, 0.1) is 24.1 Å². The molecule has 2 N–H and O–H groups in total. The number of hydrogen-bond acceptors (Lipinski definition) is 5. The number of amides is 1. The first-order chi connectivity index (χ1) is 19.3. The molecule has 2 aromatic heterocycles. The highest BCUT2D eigenvalue weighted by Crippen LogP contribution is 2.46. The first-order valence-corrected chi connectivity index (χ1v) is 14.7. The highest BCUT2D eigenvalue weighted by atomic mass is 19.1. The number of benzene rings is 1. The van der Waals surface area contributed by atoms with Crippen molar-refractivity contribution in [2.24, 2.45) is 11.3 Å². The molecule has 6 rings (SSSR count). The number of aromatic nitrogens is 2. The van der Waals surface area contributed by atoms with E-state index in [1.807, 2.05) is 0 Å². The van der Waals surface area contributed by atoms with Crippen LogP contribution in [0.2, 0.25) is 0 Å². The van der Waals surface area contributed by atoms with Gasteiger partial charge in [0.15, 0.2) is 5.78 Å². The van der Waals surface area contributed by atoms with Gasteiger partial charge in [0, 0.05) is 41.0 Å². The number of aryl methyl sites for hydroxylation is 1. The first-order valence-electron chi connectivity index (χ1n) is 14.7. The van der Waals surface area contributed by atoms with Gasteiger partial charge in [-0.2, -0.15) is 0 Å². The number of nitrogens with zero attached hydrogens (tertiary/aromatic N) is 2. The van der Waals surface area contributed by atoms with Gasteiger partial charge in [0.25, 0.3) is 5.56 Å². The largest absolute Gasteiger partial charge is 0.377 e. The minimum Gasteiger partial charge on any atom is -0.377 e. The smallest absolute Gasteiger partial charge is 0.254 e. The first kappa shape index (κ1) is 27.8. The Kier molecular flexibility index (Phi) is 6.31. The monoisotopic (exact) mass is 559 g/mol. The number of halogens is 1. The summed E-state index contributed by atoms with van der Waals surface area (Å²) < 4.78 is 16.8. The van der Waals surface area contributed by atoms with E-state index in [4.69, 9.17) is 4.98 Å². The predicted molar refractivity (Wildman–Crippen MR) is 155 cm³/mol. The molecule has 1 aliphatic heterocycles. The van der Waals surface area contributed by atoms with Crippen molar-refractivity contribution in [1.82, 2.24) is 14.9 Å². The van der Waals surface area contributed by atoms with Gasteiger partial charge >= 0.3 is 0 Å². The summed E-state index contributed by atoms with van der Waals surface area (Å²) in [7, 11) is 0. The van der Waals surface area contributed by atoms with Crippen LogP contribution in [-0.2, 0) is 34.6 Å². The molecule has 0 saturated heterocycles. The van der Waals surface area contributed by atoms with Crippen LogP contribution in [0.4, 0.5) is 4.39 Å². The van der Waals surface area contributed by atoms with Crippen molar-refractivity contribution >= 4 is 22.6 Å². The molecule has 216 valence electrons. The second-order valence-electron chi connectivity index (χ2n) is 13.3. The Bertz CT molecular complexity index is 1720. The topological polar surface area (TPSA) is 101 Å². The fraction of sp³-hybridized carbons (Fsp3) is 0.515. The fourth-order valence-corrected chi connectivity index (χ4v) is 6.92. The molecule has 7 nitrogen and oxygen atoms in total. The number of nitrogens with one attached hydrogen (secondary N) is 1. The van der Waals surface area contributed by atoms with Gasteiger partial charge in [0.2, 0.25) is 5.91 Å². The average molecular weight is 560 g/mol. The van der Waals surface area contributed by atoms with E-state index in [9.17, 15) is 19.5 Å². The van der Waals surface area contributed by atoms with Gasteiger partial charge in [0.05, 0.1) is 29.5 Å². The summed E-state index contributed by atoms with van der Waals surface area (Å²) in [5.74, 6) is -0.481. The molecular formula is C33H38FN3O4. The van der Waals surface area contributed by atoms with Gasteiger partial charge < -0.3 is 15.0 Å². The van der Waals surface area contributed by atoms with Crippen LogP contribution < -0.4 is 10.9 Å². The Morgan fingerprint density at radius 2 is 1.93 bits per heavy atom. The number of rotatable bonds is 4. The number of hydrogen-bond donors (Lipinski definition) is 2. The molecule has 0 unspecified atom stereocenters. The number of Topliss-reactive ketones (excluding diaryl/α,β-unsaturated/α-hetero) is 1. The van der Waals surface area contributed by atoms with E-state index < -0.39 is 5.60 Å². The predicted octanol–water partition coefficient (Wildman–Crippen LogP) is 5.16. The normalized spacial score (nSPS) is 21.9. The van der Waals surface area contributed by atoms with Crippen LogP contribution in [0.1, 0.15) is 99.7 Å². The zero-order valence-corrected chi connectivity index (χ0v) is 24.7. The Balaban J connectivity index is 1.54. The lowest BCUT2D eigenvalue weighted by Gasteiger charge is -2.32. The third kappa shape index (κ3) is 4.09. The Morgan fingerprint density at radius 1 is 1.20 bits per heavy atom. The minimum atomic E-state index is -1.72. The van der Waals surface area contributed by atoms with E-state index in [0.717, 1.165) is 22.1 Å². The summed E-state index contributed by atoms with van der Waals surface area (Å²) in [4.78, 5) is 44.8. The summed E-state index contributed by atoms with van der Waals surface area (Å²) in [6.07, 6.45) is 2.19. The number of aliphatic hydroxyl groups is 1. The summed E-state index contributed by atoms with van der Waals surface area (Å²) >= 11 is 0. The SMILES string of the molecule is CC[C@@]1(O)C(=O)CCc2c1cc1n(c2=O)Cc2c-1nc1cc(F)c(C)c3c1c2[C@@H](NC(=O)C[C@H](C)C(C)(C)C)CC3.